The van der Waals surface area contributed by atoms with Crippen molar-refractivity contribution >= 4 is 7.82 Å². The molecule has 0 bridgehead atoms. The lowest BCUT2D eigenvalue weighted by Crippen LogP contribution is -2.59. The summed E-state index contributed by atoms with van der Waals surface area (Å²) in [5.74, 6) is 0.172. The van der Waals surface area contributed by atoms with Gasteiger partial charge in [0.05, 0.1) is 26.9 Å². The number of aliphatic hydroxyl groups excluding tert-OH is 4. The Morgan fingerprint density at radius 1 is 0.860 bits per heavy atom. The molecule has 2 saturated heterocycles. The highest BCUT2D eigenvalue weighted by molar-refractivity contribution is 7.48. The zero-order valence-electron chi connectivity index (χ0n) is 30.2. The van der Waals surface area contributed by atoms with Gasteiger partial charge in [-0.25, -0.2) is 9.36 Å². The van der Waals surface area contributed by atoms with Crippen molar-refractivity contribution in [2.75, 3.05) is 34.0 Å². The van der Waals surface area contributed by atoms with Gasteiger partial charge in [-0.3, -0.25) is 18.1 Å². The number of nitrogens with zero attached hydrogens (tertiary/aromatic N) is 2. The van der Waals surface area contributed by atoms with Crippen LogP contribution < -0.4 is 10.4 Å². The number of aromatic nitrogens is 2. The van der Waals surface area contributed by atoms with E-state index in [1.54, 1.807) is 6.92 Å². The molecule has 15 nitrogen and oxygen atoms in total. The lowest BCUT2D eigenvalue weighted by molar-refractivity contribution is -0.293. The summed E-state index contributed by atoms with van der Waals surface area (Å²) in [6, 6.07) is 0. The molecule has 50 heavy (non-hydrogen) atoms. The van der Waals surface area contributed by atoms with E-state index in [9.17, 15) is 29.8 Å². The number of methoxy groups -OCH3 is 2. The Labute approximate surface area is 296 Å². The second-order valence-electron chi connectivity index (χ2n) is 13.2. The molecule has 3 rings (SSSR count). The maximum absolute atomic E-state index is 14.1. The fourth-order valence-electron chi connectivity index (χ4n) is 6.26. The summed E-state index contributed by atoms with van der Waals surface area (Å²) in [6.45, 7) is 2.95. The van der Waals surface area contributed by atoms with Crippen LogP contribution in [0.15, 0.2) is 11.0 Å². The van der Waals surface area contributed by atoms with E-state index >= 15 is 0 Å². The molecule has 1 unspecified atom stereocenters. The summed E-state index contributed by atoms with van der Waals surface area (Å²) in [4.78, 5) is 16.6. The van der Waals surface area contributed by atoms with Gasteiger partial charge < -0.3 is 39.4 Å². The molecule has 0 aliphatic carbocycles. The molecule has 2 aliphatic rings. The molecular formula is C34H61N2O13P. The van der Waals surface area contributed by atoms with Gasteiger partial charge in [0.15, 0.2) is 6.29 Å². The first-order valence-corrected chi connectivity index (χ1v) is 19.7. The zero-order chi connectivity index (χ0) is 36.5. The Hall–Kier alpha value is -1.49. The average molecular weight is 737 g/mol. The van der Waals surface area contributed by atoms with Gasteiger partial charge in [0.2, 0.25) is 5.88 Å². The predicted octanol–water partition coefficient (Wildman–Crippen LogP) is 4.30. The van der Waals surface area contributed by atoms with Gasteiger partial charge in [-0.15, -0.1) is 0 Å². The van der Waals surface area contributed by atoms with Crippen molar-refractivity contribution in [2.24, 2.45) is 0 Å². The van der Waals surface area contributed by atoms with Gasteiger partial charge in [0.25, 0.3) is 0 Å². The van der Waals surface area contributed by atoms with Crippen LogP contribution in [0.5, 0.6) is 5.88 Å². The molecule has 9 atom stereocenters. The molecule has 1 aromatic heterocycles. The fourth-order valence-corrected chi connectivity index (χ4v) is 7.69. The number of unbranched alkanes of at least 4 members (excludes halogenated alkanes) is 13. The van der Waals surface area contributed by atoms with Crippen molar-refractivity contribution < 1.29 is 57.5 Å². The first-order valence-electron chi connectivity index (χ1n) is 18.3. The van der Waals surface area contributed by atoms with Crippen molar-refractivity contribution in [1.82, 2.24) is 9.55 Å². The van der Waals surface area contributed by atoms with Crippen LogP contribution in [0.4, 0.5) is 0 Å². The van der Waals surface area contributed by atoms with Crippen LogP contribution in [0.1, 0.15) is 115 Å². The van der Waals surface area contributed by atoms with Gasteiger partial charge >= 0.3 is 13.5 Å². The van der Waals surface area contributed by atoms with E-state index in [-0.39, 0.29) is 18.9 Å². The van der Waals surface area contributed by atoms with E-state index in [2.05, 4.69) is 11.9 Å². The Morgan fingerprint density at radius 3 is 2.02 bits per heavy atom. The third-order valence-electron chi connectivity index (χ3n) is 9.26. The number of aryl methyl sites for hydroxylation is 1. The number of ether oxygens (including phenoxy) is 4. The first-order chi connectivity index (χ1) is 24.1. The summed E-state index contributed by atoms with van der Waals surface area (Å²) in [5, 5.41) is 41.0. The molecule has 0 aromatic carbocycles. The second-order valence-corrected chi connectivity index (χ2v) is 14.9. The number of hydrogen-bond donors (Lipinski definition) is 4. The van der Waals surface area contributed by atoms with Gasteiger partial charge in [0, 0.05) is 25.3 Å². The molecule has 4 N–H and O–H groups in total. The highest BCUT2D eigenvalue weighted by atomic mass is 31.2. The van der Waals surface area contributed by atoms with Gasteiger partial charge in [-0.1, -0.05) is 90.4 Å². The van der Waals surface area contributed by atoms with E-state index in [0.717, 1.165) is 19.3 Å². The van der Waals surface area contributed by atoms with Crippen LogP contribution in [0, 0.1) is 6.92 Å². The molecule has 0 amide bonds. The molecule has 1 aromatic rings. The van der Waals surface area contributed by atoms with E-state index in [1.807, 2.05) is 0 Å². The molecule has 16 heteroatoms. The number of hydrogen-bond acceptors (Lipinski definition) is 14. The highest BCUT2D eigenvalue weighted by Crippen LogP contribution is 2.53. The predicted molar refractivity (Wildman–Crippen MR) is 184 cm³/mol. The standard InChI is InChI=1S/C34H61N2O13P/c1-5-6-7-8-9-10-11-12-13-14-15-16-17-18-19-45-50(42,46-23-27-29(38)30(39)31(40)33(44-4)48-27)49-25-20-28(47-26(25)22-37)36-21-24(2)32(43-3)35-34(36)41/h21,25-31,33,37-40H,5-20,22-23H2,1-4H3/t25-,26+,27+,28+,29+,30-,31+,33-,50?/m0/s1. The van der Waals surface area contributed by atoms with Crippen molar-refractivity contribution in [1.29, 1.82) is 0 Å². The number of phosphoric ester groups is 1. The molecule has 0 radical (unpaired) electrons. The number of phosphoric acid groups is 1. The van der Waals surface area contributed by atoms with Crippen molar-refractivity contribution in [3.8, 4) is 5.88 Å². The number of aliphatic hydroxyl groups is 4. The van der Waals surface area contributed by atoms with Crippen molar-refractivity contribution in [3.05, 3.63) is 22.2 Å². The van der Waals surface area contributed by atoms with Crippen LogP contribution in [-0.2, 0) is 32.3 Å². The van der Waals surface area contributed by atoms with E-state index in [1.165, 1.54) is 89.2 Å². The quantitative estimate of drug-likeness (QED) is 0.0819. The number of rotatable bonds is 25. The van der Waals surface area contributed by atoms with Crippen LogP contribution in [0.3, 0.4) is 0 Å². The summed E-state index contributed by atoms with van der Waals surface area (Å²) in [6.07, 6.45) is 7.86. The van der Waals surface area contributed by atoms with Crippen LogP contribution >= 0.6 is 7.82 Å². The molecule has 3 heterocycles. The van der Waals surface area contributed by atoms with E-state index < -0.39 is 75.9 Å². The minimum atomic E-state index is -4.40. The third kappa shape index (κ3) is 13.2. The Kier molecular flexibility index (Phi) is 19.4. The lowest BCUT2D eigenvalue weighted by atomic mass is 9.99. The molecule has 290 valence electrons. The largest absolute Gasteiger partial charge is 0.481 e. The van der Waals surface area contributed by atoms with Crippen molar-refractivity contribution in [2.45, 2.75) is 159 Å². The minimum absolute atomic E-state index is 0.00730. The molecule has 0 spiro atoms. The lowest BCUT2D eigenvalue weighted by Gasteiger charge is -2.39. The topological polar surface area (TPSA) is 197 Å². The maximum atomic E-state index is 14.1. The van der Waals surface area contributed by atoms with Crippen LogP contribution in [-0.4, -0.2) is 107 Å². The minimum Gasteiger partial charge on any atom is -0.481 e. The molecule has 0 saturated carbocycles. The van der Waals surface area contributed by atoms with Crippen LogP contribution in [0.2, 0.25) is 0 Å². The Bertz CT molecular complexity index is 1200. The SMILES string of the molecule is CCCCCCCCCCCCCCCCOP(=O)(OC[C@H]1O[C@H](OC)[C@H](O)[C@@H](O)[C@@H]1O)O[C@H]1C[C@H](n2cc(C)c(OC)nc2=O)O[C@@H]1CO. The van der Waals surface area contributed by atoms with E-state index in [4.69, 9.17) is 32.5 Å². The van der Waals surface area contributed by atoms with Gasteiger partial charge in [-0.2, -0.15) is 4.98 Å². The van der Waals surface area contributed by atoms with Gasteiger partial charge in [0.1, 0.15) is 42.9 Å². The molecule has 2 fully saturated rings. The van der Waals surface area contributed by atoms with Crippen LogP contribution in [0.25, 0.3) is 0 Å². The normalized spacial score (nSPS) is 28.2. The maximum Gasteiger partial charge on any atom is 0.475 e. The smallest absolute Gasteiger partial charge is 0.475 e. The molecule has 2 aliphatic heterocycles. The summed E-state index contributed by atoms with van der Waals surface area (Å²) >= 11 is 0. The summed E-state index contributed by atoms with van der Waals surface area (Å²) < 4.78 is 54.2. The first kappa shape index (κ1) is 42.9. The van der Waals surface area contributed by atoms with E-state index in [0.29, 0.717) is 12.0 Å². The third-order valence-corrected chi connectivity index (χ3v) is 10.8. The van der Waals surface area contributed by atoms with Gasteiger partial charge in [-0.05, 0) is 13.3 Å². The summed E-state index contributed by atoms with van der Waals surface area (Å²) in [5.41, 5.74) is -0.0565. The second kappa shape index (κ2) is 22.5. The highest BCUT2D eigenvalue weighted by Gasteiger charge is 2.47. The Morgan fingerprint density at radius 2 is 1.46 bits per heavy atom. The zero-order valence-corrected chi connectivity index (χ0v) is 31.1. The van der Waals surface area contributed by atoms with Crippen molar-refractivity contribution in [3.63, 3.8) is 0 Å². The summed E-state index contributed by atoms with van der Waals surface area (Å²) in [7, 11) is -1.73. The Balaban J connectivity index is 1.55. The average Bonchev–Trinajstić information content (AvgIpc) is 3.51. The monoisotopic (exact) mass is 736 g/mol. The fraction of sp³-hybridized carbons (Fsp3) is 0.882. The molecular weight excluding hydrogens is 675 g/mol.